The smallest absolute Gasteiger partial charge is 0.317 e. The highest BCUT2D eigenvalue weighted by atomic mass is 16.5. The van der Waals surface area contributed by atoms with Gasteiger partial charge < -0.3 is 15.0 Å². The molecule has 2 rings (SSSR count). The van der Waals surface area contributed by atoms with Crippen molar-refractivity contribution in [2.75, 3.05) is 39.4 Å². The van der Waals surface area contributed by atoms with Crippen molar-refractivity contribution >= 4 is 6.03 Å². The van der Waals surface area contributed by atoms with Crippen LogP contribution in [0.25, 0.3) is 0 Å². The molecule has 0 aromatic carbocycles. The van der Waals surface area contributed by atoms with Gasteiger partial charge in [-0.25, -0.2) is 4.79 Å². The predicted molar refractivity (Wildman–Crippen MR) is 99.4 cm³/mol. The number of piperazine rings is 1. The van der Waals surface area contributed by atoms with Crippen LogP contribution in [0.3, 0.4) is 0 Å². The van der Waals surface area contributed by atoms with E-state index in [1.165, 1.54) is 5.56 Å². The van der Waals surface area contributed by atoms with E-state index in [-0.39, 0.29) is 12.1 Å². The fourth-order valence-corrected chi connectivity index (χ4v) is 2.97. The van der Waals surface area contributed by atoms with E-state index in [0.717, 1.165) is 32.8 Å². The summed E-state index contributed by atoms with van der Waals surface area (Å²) in [5.74, 6) is 0.512. The van der Waals surface area contributed by atoms with Crippen molar-refractivity contribution in [2.24, 2.45) is 5.92 Å². The molecule has 6 nitrogen and oxygen atoms in total. The van der Waals surface area contributed by atoms with Crippen molar-refractivity contribution in [3.8, 4) is 0 Å². The van der Waals surface area contributed by atoms with Crippen LogP contribution in [0.2, 0.25) is 0 Å². The minimum atomic E-state index is 0.00864. The number of nitrogens with zero attached hydrogens (tertiary/aromatic N) is 3. The lowest BCUT2D eigenvalue weighted by Gasteiger charge is -2.38. The summed E-state index contributed by atoms with van der Waals surface area (Å²) in [7, 11) is 0. The van der Waals surface area contributed by atoms with Gasteiger partial charge in [0, 0.05) is 51.2 Å². The largest absolute Gasteiger partial charge is 0.379 e. The molecule has 0 unspecified atom stereocenters. The van der Waals surface area contributed by atoms with E-state index in [1.54, 1.807) is 6.20 Å². The third-order valence-corrected chi connectivity index (χ3v) is 4.50. The lowest BCUT2D eigenvalue weighted by atomic mass is 10.1. The number of hydrogen-bond donors (Lipinski definition) is 1. The molecule has 0 spiro atoms. The summed E-state index contributed by atoms with van der Waals surface area (Å²) in [6.45, 7) is 13.0. The van der Waals surface area contributed by atoms with Crippen molar-refractivity contribution in [1.82, 2.24) is 20.1 Å². The van der Waals surface area contributed by atoms with E-state index in [4.69, 9.17) is 4.74 Å². The molecule has 0 radical (unpaired) electrons. The summed E-state index contributed by atoms with van der Waals surface area (Å²) in [6, 6.07) is 4.43. The SMILES string of the molecule is CC(C)COC[C@@H](C)NC(=O)N1CCN([C@H](C)c2cccnc2)CC1. The van der Waals surface area contributed by atoms with Gasteiger partial charge in [0.15, 0.2) is 0 Å². The van der Waals surface area contributed by atoms with Crippen LogP contribution in [0, 0.1) is 5.92 Å². The molecule has 0 bridgehead atoms. The number of ether oxygens (including phenoxy) is 1. The number of hydrogen-bond acceptors (Lipinski definition) is 4. The normalized spacial score (nSPS) is 18.2. The molecule has 0 saturated carbocycles. The summed E-state index contributed by atoms with van der Waals surface area (Å²) in [5, 5.41) is 3.03. The molecular formula is C19H32N4O2. The second kappa shape index (κ2) is 9.73. The maximum atomic E-state index is 12.4. The molecule has 6 heteroatoms. The Bertz CT molecular complexity index is 515. The van der Waals surface area contributed by atoms with Crippen LogP contribution in [0.5, 0.6) is 0 Å². The van der Waals surface area contributed by atoms with Crippen LogP contribution in [-0.4, -0.2) is 66.2 Å². The summed E-state index contributed by atoms with van der Waals surface area (Å²) in [6.07, 6.45) is 3.72. The van der Waals surface area contributed by atoms with Crippen molar-refractivity contribution in [3.05, 3.63) is 30.1 Å². The van der Waals surface area contributed by atoms with Gasteiger partial charge in [-0.15, -0.1) is 0 Å². The van der Waals surface area contributed by atoms with Crippen molar-refractivity contribution < 1.29 is 9.53 Å². The predicted octanol–water partition coefficient (Wildman–Crippen LogP) is 2.53. The number of rotatable bonds is 7. The number of carbonyl (C=O) groups excluding carboxylic acids is 1. The summed E-state index contributed by atoms with van der Waals surface area (Å²) >= 11 is 0. The minimum Gasteiger partial charge on any atom is -0.379 e. The maximum absolute atomic E-state index is 12.4. The van der Waals surface area contributed by atoms with Crippen LogP contribution in [0.1, 0.15) is 39.3 Å². The number of amides is 2. The van der Waals surface area contributed by atoms with Crippen LogP contribution < -0.4 is 5.32 Å². The molecule has 1 aliphatic heterocycles. The summed E-state index contributed by atoms with van der Waals surface area (Å²) in [4.78, 5) is 20.9. The zero-order chi connectivity index (χ0) is 18.2. The lowest BCUT2D eigenvalue weighted by molar-refractivity contribution is 0.0873. The topological polar surface area (TPSA) is 57.7 Å². The third-order valence-electron chi connectivity index (χ3n) is 4.50. The van der Waals surface area contributed by atoms with Gasteiger partial charge in [0.05, 0.1) is 12.6 Å². The molecule has 2 amide bonds. The monoisotopic (exact) mass is 348 g/mol. The van der Waals surface area contributed by atoms with Crippen molar-refractivity contribution in [3.63, 3.8) is 0 Å². The number of pyridine rings is 1. The van der Waals surface area contributed by atoms with Gasteiger partial charge in [-0.1, -0.05) is 19.9 Å². The fourth-order valence-electron chi connectivity index (χ4n) is 2.97. The van der Waals surface area contributed by atoms with E-state index in [9.17, 15) is 4.79 Å². The number of nitrogens with one attached hydrogen (secondary N) is 1. The van der Waals surface area contributed by atoms with E-state index < -0.39 is 0 Å². The van der Waals surface area contributed by atoms with Gasteiger partial charge in [0.1, 0.15) is 0 Å². The van der Waals surface area contributed by atoms with Gasteiger partial charge >= 0.3 is 6.03 Å². The Morgan fingerprint density at radius 1 is 1.20 bits per heavy atom. The van der Waals surface area contributed by atoms with E-state index in [2.05, 4.69) is 42.0 Å². The fraction of sp³-hybridized carbons (Fsp3) is 0.684. The van der Waals surface area contributed by atoms with E-state index >= 15 is 0 Å². The highest BCUT2D eigenvalue weighted by Gasteiger charge is 2.25. The van der Waals surface area contributed by atoms with Gasteiger partial charge in [0.2, 0.25) is 0 Å². The van der Waals surface area contributed by atoms with E-state index in [0.29, 0.717) is 18.6 Å². The molecule has 0 aliphatic carbocycles. The maximum Gasteiger partial charge on any atom is 0.317 e. The standard InChI is InChI=1S/C19H32N4O2/c1-15(2)13-25-14-16(3)21-19(24)23-10-8-22(9-11-23)17(4)18-6-5-7-20-12-18/h5-7,12,15-17H,8-11,13-14H2,1-4H3,(H,21,24)/t16-,17-/m1/s1. The molecule has 1 N–H and O–H groups in total. The van der Waals surface area contributed by atoms with E-state index in [1.807, 2.05) is 24.1 Å². The quantitative estimate of drug-likeness (QED) is 0.823. The molecule has 1 aromatic rings. The molecule has 2 atom stereocenters. The second-order valence-corrected chi connectivity index (χ2v) is 7.27. The van der Waals surface area contributed by atoms with Gasteiger partial charge in [-0.05, 0) is 31.4 Å². The molecular weight excluding hydrogens is 316 g/mol. The molecule has 1 saturated heterocycles. The van der Waals surface area contributed by atoms with Crippen molar-refractivity contribution in [2.45, 2.75) is 39.8 Å². The van der Waals surface area contributed by atoms with Gasteiger partial charge in [-0.3, -0.25) is 9.88 Å². The van der Waals surface area contributed by atoms with Gasteiger partial charge in [0.25, 0.3) is 0 Å². The van der Waals surface area contributed by atoms with Crippen LogP contribution >= 0.6 is 0 Å². The lowest BCUT2D eigenvalue weighted by Crippen LogP contribution is -2.53. The molecule has 1 aromatic heterocycles. The first-order valence-electron chi connectivity index (χ1n) is 9.24. The Kier molecular flexibility index (Phi) is 7.65. The summed E-state index contributed by atoms with van der Waals surface area (Å²) in [5.41, 5.74) is 1.22. The molecule has 1 fully saturated rings. The third kappa shape index (κ3) is 6.29. The first kappa shape index (κ1) is 19.7. The van der Waals surface area contributed by atoms with Gasteiger partial charge in [-0.2, -0.15) is 0 Å². The van der Waals surface area contributed by atoms with Crippen LogP contribution in [0.4, 0.5) is 4.79 Å². The van der Waals surface area contributed by atoms with Crippen molar-refractivity contribution in [1.29, 1.82) is 0 Å². The number of urea groups is 1. The first-order chi connectivity index (χ1) is 12.0. The molecule has 25 heavy (non-hydrogen) atoms. The highest BCUT2D eigenvalue weighted by Crippen LogP contribution is 2.20. The zero-order valence-corrected chi connectivity index (χ0v) is 15.9. The minimum absolute atomic E-state index is 0.00864. The first-order valence-corrected chi connectivity index (χ1v) is 9.24. The summed E-state index contributed by atoms with van der Waals surface area (Å²) < 4.78 is 5.60. The van der Waals surface area contributed by atoms with Crippen LogP contribution in [-0.2, 0) is 4.74 Å². The Morgan fingerprint density at radius 3 is 2.52 bits per heavy atom. The Labute approximate surface area is 151 Å². The Hall–Kier alpha value is -1.66. The average Bonchev–Trinajstić information content (AvgIpc) is 2.61. The molecule has 2 heterocycles. The average molecular weight is 348 g/mol. The second-order valence-electron chi connectivity index (χ2n) is 7.27. The zero-order valence-electron chi connectivity index (χ0n) is 15.9. The molecule has 1 aliphatic rings. The Balaban J connectivity index is 1.73. The molecule has 140 valence electrons. The number of aromatic nitrogens is 1. The Morgan fingerprint density at radius 2 is 1.92 bits per heavy atom. The van der Waals surface area contributed by atoms with Crippen LogP contribution in [0.15, 0.2) is 24.5 Å². The highest BCUT2D eigenvalue weighted by molar-refractivity contribution is 5.74. The number of carbonyl (C=O) groups is 1.